The van der Waals surface area contributed by atoms with Crippen molar-refractivity contribution in [2.45, 2.75) is 46.4 Å². The number of rotatable bonds is 10. The fraction of sp³-hybridized carbons (Fsp3) is 0.346. The monoisotopic (exact) mass is 471 g/mol. The van der Waals surface area contributed by atoms with E-state index in [4.69, 9.17) is 32.7 Å². The van der Waals surface area contributed by atoms with Crippen LogP contribution in [0.2, 0.25) is 10.0 Å². The Morgan fingerprint density at radius 1 is 1.09 bits per heavy atom. The molecule has 168 valence electrons. The molecule has 1 unspecified atom stereocenters. The van der Waals surface area contributed by atoms with E-state index in [2.05, 4.69) is 53.3 Å². The summed E-state index contributed by atoms with van der Waals surface area (Å²) in [5.41, 5.74) is 3.22. The van der Waals surface area contributed by atoms with E-state index in [-0.39, 0.29) is 6.10 Å². The second kappa shape index (κ2) is 12.0. The van der Waals surface area contributed by atoms with E-state index in [1.165, 1.54) is 0 Å². The third-order valence-corrected chi connectivity index (χ3v) is 5.72. The molecule has 0 bridgehead atoms. The first kappa shape index (κ1) is 24.2. The third-order valence-electron chi connectivity index (χ3n) is 5.16. The molecule has 2 aromatic carbocycles. The van der Waals surface area contributed by atoms with Crippen LogP contribution in [0.15, 0.2) is 55.1 Å². The maximum absolute atomic E-state index is 6.46. The van der Waals surface area contributed by atoms with Gasteiger partial charge >= 0.3 is 0 Å². The summed E-state index contributed by atoms with van der Waals surface area (Å²) in [5, 5.41) is 1.21. The summed E-state index contributed by atoms with van der Waals surface area (Å²) in [6.45, 7) is 8.48. The zero-order valence-electron chi connectivity index (χ0n) is 18.8. The smallest absolute Gasteiger partial charge is 0.243 e. The van der Waals surface area contributed by atoms with Crippen LogP contribution >= 0.6 is 23.2 Å². The highest BCUT2D eigenvalue weighted by atomic mass is 35.5. The first-order valence-electron chi connectivity index (χ1n) is 10.7. The van der Waals surface area contributed by atoms with Crippen LogP contribution in [0.3, 0.4) is 0 Å². The van der Waals surface area contributed by atoms with E-state index in [0.717, 1.165) is 29.0 Å². The Hall–Kier alpha value is -2.45. The molecule has 4 nitrogen and oxygen atoms in total. The topological polar surface area (TPSA) is 27.3 Å². The fourth-order valence-electron chi connectivity index (χ4n) is 3.53. The average Bonchev–Trinajstić information content (AvgIpc) is 3.20. The van der Waals surface area contributed by atoms with Crippen LogP contribution in [-0.2, 0) is 17.8 Å². The van der Waals surface area contributed by atoms with E-state index in [9.17, 15) is 0 Å². The SMILES string of the molecule is CC#CCCOC(C[n+]1ccn(CCOc2c(C)cccc2C)c1)c1ccc(Cl)cc1Cl. The minimum atomic E-state index is -0.204. The summed E-state index contributed by atoms with van der Waals surface area (Å²) < 4.78 is 16.4. The molecule has 0 aliphatic carbocycles. The molecular weight excluding hydrogens is 443 g/mol. The number of benzene rings is 2. The number of nitrogens with zero attached hydrogens (tertiary/aromatic N) is 2. The van der Waals surface area contributed by atoms with Gasteiger partial charge in [-0.2, -0.15) is 0 Å². The molecule has 3 rings (SSSR count). The van der Waals surface area contributed by atoms with Crippen LogP contribution < -0.4 is 9.30 Å². The van der Waals surface area contributed by atoms with Crippen molar-refractivity contribution >= 4 is 23.2 Å². The number of para-hydroxylation sites is 1. The zero-order valence-corrected chi connectivity index (χ0v) is 20.3. The number of aromatic nitrogens is 2. The zero-order chi connectivity index (χ0) is 22.9. The molecule has 0 aliphatic heterocycles. The maximum atomic E-state index is 6.46. The largest absolute Gasteiger partial charge is 0.489 e. The number of ether oxygens (including phenoxy) is 2. The normalized spacial score (nSPS) is 11.7. The van der Waals surface area contributed by atoms with Crippen molar-refractivity contribution in [3.8, 4) is 17.6 Å². The summed E-state index contributed by atoms with van der Waals surface area (Å²) in [6, 6.07) is 11.7. The highest BCUT2D eigenvalue weighted by Gasteiger charge is 2.19. The summed E-state index contributed by atoms with van der Waals surface area (Å²) in [7, 11) is 0. The van der Waals surface area contributed by atoms with Crippen LogP contribution in [0.4, 0.5) is 0 Å². The lowest BCUT2D eigenvalue weighted by Gasteiger charge is -2.17. The van der Waals surface area contributed by atoms with E-state index in [0.29, 0.717) is 36.2 Å². The fourth-order valence-corrected chi connectivity index (χ4v) is 4.06. The van der Waals surface area contributed by atoms with Gasteiger partial charge in [0.15, 0.2) is 0 Å². The summed E-state index contributed by atoms with van der Waals surface area (Å²) in [4.78, 5) is 0. The van der Waals surface area contributed by atoms with Crippen molar-refractivity contribution in [3.63, 3.8) is 0 Å². The van der Waals surface area contributed by atoms with Gasteiger partial charge in [0.2, 0.25) is 6.33 Å². The van der Waals surface area contributed by atoms with Gasteiger partial charge in [-0.05, 0) is 44.0 Å². The van der Waals surface area contributed by atoms with Crippen molar-refractivity contribution in [2.24, 2.45) is 0 Å². The lowest BCUT2D eigenvalue weighted by Crippen LogP contribution is -2.36. The molecule has 0 fully saturated rings. The Morgan fingerprint density at radius 3 is 2.59 bits per heavy atom. The van der Waals surface area contributed by atoms with Crippen LogP contribution in [0, 0.1) is 25.7 Å². The van der Waals surface area contributed by atoms with Gasteiger partial charge in [-0.25, -0.2) is 9.13 Å². The van der Waals surface area contributed by atoms with E-state index in [1.807, 2.05) is 37.5 Å². The Labute approximate surface area is 200 Å². The number of hydrogen-bond donors (Lipinski definition) is 0. The van der Waals surface area contributed by atoms with Gasteiger partial charge in [0.1, 0.15) is 43.9 Å². The molecule has 0 saturated heterocycles. The van der Waals surface area contributed by atoms with E-state index >= 15 is 0 Å². The first-order chi connectivity index (χ1) is 15.5. The molecule has 32 heavy (non-hydrogen) atoms. The minimum absolute atomic E-state index is 0.204. The predicted octanol–water partition coefficient (Wildman–Crippen LogP) is 5.95. The highest BCUT2D eigenvalue weighted by molar-refractivity contribution is 6.35. The Balaban J connectivity index is 1.64. The number of hydrogen-bond acceptors (Lipinski definition) is 2. The van der Waals surface area contributed by atoms with Gasteiger partial charge in [0, 0.05) is 22.0 Å². The Bertz CT molecular complexity index is 1080. The molecule has 0 radical (unpaired) electrons. The first-order valence-corrected chi connectivity index (χ1v) is 11.4. The molecule has 1 atom stereocenters. The Morgan fingerprint density at radius 2 is 1.88 bits per heavy atom. The standard InChI is InChI=1S/C26H29Cl2N2O2/c1-4-5-6-15-31-25(23-11-10-22(27)17-24(23)28)18-30-13-12-29(19-30)14-16-32-26-20(2)8-7-9-21(26)3/h7-13,17,19,25H,6,14-16,18H2,1-3H3/q+1. The average molecular weight is 472 g/mol. The van der Waals surface area contributed by atoms with Gasteiger partial charge in [0.25, 0.3) is 0 Å². The van der Waals surface area contributed by atoms with Gasteiger partial charge in [-0.3, -0.25) is 0 Å². The molecule has 0 saturated carbocycles. The lowest BCUT2D eigenvalue weighted by molar-refractivity contribution is -0.704. The predicted molar refractivity (Wildman–Crippen MR) is 129 cm³/mol. The van der Waals surface area contributed by atoms with Crippen LogP contribution in [-0.4, -0.2) is 17.8 Å². The maximum Gasteiger partial charge on any atom is 0.243 e. The summed E-state index contributed by atoms with van der Waals surface area (Å²) in [6.07, 6.45) is 6.60. The van der Waals surface area contributed by atoms with Crippen LogP contribution in [0.1, 0.15) is 36.1 Å². The Kier molecular flexibility index (Phi) is 9.05. The molecule has 1 aromatic heterocycles. The molecule has 0 N–H and O–H groups in total. The minimum Gasteiger partial charge on any atom is -0.489 e. The summed E-state index contributed by atoms with van der Waals surface area (Å²) in [5.74, 6) is 6.90. The molecule has 0 spiro atoms. The van der Waals surface area contributed by atoms with Gasteiger partial charge in [0.05, 0.1) is 6.61 Å². The van der Waals surface area contributed by atoms with E-state index < -0.39 is 0 Å². The van der Waals surface area contributed by atoms with Gasteiger partial charge < -0.3 is 9.47 Å². The molecule has 6 heteroatoms. The van der Waals surface area contributed by atoms with Crippen molar-refractivity contribution in [2.75, 3.05) is 13.2 Å². The van der Waals surface area contributed by atoms with Gasteiger partial charge in [-0.1, -0.05) is 47.5 Å². The van der Waals surface area contributed by atoms with E-state index in [1.54, 1.807) is 6.07 Å². The molecule has 0 aliphatic rings. The second-order valence-electron chi connectivity index (χ2n) is 7.62. The highest BCUT2D eigenvalue weighted by Crippen LogP contribution is 2.29. The molecular formula is C26H29Cl2N2O2+. The number of imidazole rings is 1. The van der Waals surface area contributed by atoms with Crippen molar-refractivity contribution in [1.82, 2.24) is 4.57 Å². The van der Waals surface area contributed by atoms with Crippen molar-refractivity contribution in [1.29, 1.82) is 0 Å². The lowest BCUT2D eigenvalue weighted by atomic mass is 10.1. The van der Waals surface area contributed by atoms with Crippen molar-refractivity contribution in [3.05, 3.63) is 81.9 Å². The van der Waals surface area contributed by atoms with Crippen molar-refractivity contribution < 1.29 is 14.0 Å². The van der Waals surface area contributed by atoms with Crippen LogP contribution in [0.25, 0.3) is 0 Å². The third kappa shape index (κ3) is 6.77. The molecule has 1 heterocycles. The second-order valence-corrected chi connectivity index (χ2v) is 8.46. The van der Waals surface area contributed by atoms with Crippen LogP contribution in [0.5, 0.6) is 5.75 Å². The number of halogens is 2. The van der Waals surface area contributed by atoms with Gasteiger partial charge in [-0.15, -0.1) is 11.8 Å². The molecule has 3 aromatic rings. The molecule has 0 amide bonds. The summed E-state index contributed by atoms with van der Waals surface area (Å²) >= 11 is 12.5. The quantitative estimate of drug-likeness (QED) is 0.207. The number of aryl methyl sites for hydroxylation is 2.